The number of rotatable bonds is 10. The van der Waals surface area contributed by atoms with Crippen LogP contribution in [0.15, 0.2) is 54.6 Å². The molecule has 5 nitrogen and oxygen atoms in total. The number of hydrogen-bond donors (Lipinski definition) is 1. The van der Waals surface area contributed by atoms with E-state index in [4.69, 9.17) is 9.26 Å². The van der Waals surface area contributed by atoms with Crippen LogP contribution < -0.4 is 9.61 Å². The number of benzene rings is 2. The standard InChI is InChI=1S/C22H23FNO4PS/c1-3-11-27-22(26)15(2)24-29(28-18-7-5-4-6-8-18)21(23)16-9-10-20-17(12-16)13-19(14-25)30-20/h4-10,12-15,21,24H,3,11H2,1-2H3. The number of thiophene rings is 1. The lowest BCUT2D eigenvalue weighted by atomic mass is 10.2. The van der Waals surface area contributed by atoms with Crippen molar-refractivity contribution < 1.29 is 23.2 Å². The summed E-state index contributed by atoms with van der Waals surface area (Å²) in [6.45, 7) is 3.85. The van der Waals surface area contributed by atoms with Crippen molar-refractivity contribution in [1.82, 2.24) is 5.09 Å². The van der Waals surface area contributed by atoms with Gasteiger partial charge < -0.3 is 9.26 Å². The summed E-state index contributed by atoms with van der Waals surface area (Å²) in [7, 11) is -1.90. The van der Waals surface area contributed by atoms with Crippen molar-refractivity contribution in [3.8, 4) is 5.75 Å². The van der Waals surface area contributed by atoms with Crippen LogP contribution in [0.2, 0.25) is 0 Å². The molecule has 0 radical (unpaired) electrons. The van der Waals surface area contributed by atoms with Gasteiger partial charge in [-0.1, -0.05) is 31.2 Å². The summed E-state index contributed by atoms with van der Waals surface area (Å²) in [4.78, 5) is 23.8. The molecule has 0 aliphatic heterocycles. The van der Waals surface area contributed by atoms with E-state index in [0.717, 1.165) is 16.4 Å². The van der Waals surface area contributed by atoms with E-state index in [9.17, 15) is 9.59 Å². The van der Waals surface area contributed by atoms with Crippen LogP contribution in [0.4, 0.5) is 4.39 Å². The summed E-state index contributed by atoms with van der Waals surface area (Å²) >= 11 is 1.36. The molecule has 3 unspecified atom stereocenters. The van der Waals surface area contributed by atoms with Gasteiger partial charge in [0.2, 0.25) is 8.30 Å². The minimum absolute atomic E-state index is 0.315. The maximum atomic E-state index is 15.6. The van der Waals surface area contributed by atoms with Crippen LogP contribution in [-0.4, -0.2) is 24.9 Å². The number of aldehydes is 1. The molecule has 2 aromatic carbocycles. The lowest BCUT2D eigenvalue weighted by Gasteiger charge is -2.25. The van der Waals surface area contributed by atoms with Gasteiger partial charge in [-0.15, -0.1) is 11.3 Å². The average molecular weight is 447 g/mol. The van der Waals surface area contributed by atoms with E-state index < -0.39 is 26.2 Å². The van der Waals surface area contributed by atoms with Crippen molar-refractivity contribution in [3.63, 3.8) is 0 Å². The van der Waals surface area contributed by atoms with Crippen LogP contribution in [0.25, 0.3) is 10.1 Å². The Balaban J connectivity index is 1.84. The highest BCUT2D eigenvalue weighted by atomic mass is 32.1. The molecule has 30 heavy (non-hydrogen) atoms. The molecule has 3 rings (SSSR count). The molecule has 0 spiro atoms. The normalized spacial score (nSPS) is 14.1. The van der Waals surface area contributed by atoms with Gasteiger partial charge in [0.05, 0.1) is 11.5 Å². The number of esters is 1. The monoisotopic (exact) mass is 447 g/mol. The molecule has 0 amide bonds. The average Bonchev–Trinajstić information content (AvgIpc) is 3.19. The Morgan fingerprint density at radius 2 is 2.00 bits per heavy atom. The van der Waals surface area contributed by atoms with Crippen molar-refractivity contribution in [2.75, 3.05) is 6.61 Å². The molecule has 1 heterocycles. The van der Waals surface area contributed by atoms with E-state index in [2.05, 4.69) is 5.09 Å². The highest BCUT2D eigenvalue weighted by Crippen LogP contribution is 2.50. The van der Waals surface area contributed by atoms with Crippen LogP contribution >= 0.6 is 19.6 Å². The molecular formula is C22H23FNO4PS. The molecule has 0 fully saturated rings. The highest BCUT2D eigenvalue weighted by molar-refractivity contribution is 7.51. The van der Waals surface area contributed by atoms with Crippen molar-refractivity contribution >= 4 is 42.0 Å². The summed E-state index contributed by atoms with van der Waals surface area (Å²) < 4.78 is 27.6. The second kappa shape index (κ2) is 10.6. The third-order valence-corrected chi connectivity index (χ3v) is 7.03. The van der Waals surface area contributed by atoms with Gasteiger partial charge in [-0.25, -0.2) is 9.48 Å². The lowest BCUT2D eigenvalue weighted by Crippen LogP contribution is -2.34. The molecule has 1 aromatic heterocycles. The van der Waals surface area contributed by atoms with E-state index in [-0.39, 0.29) is 0 Å². The molecule has 8 heteroatoms. The Bertz CT molecular complexity index is 997. The predicted octanol–water partition coefficient (Wildman–Crippen LogP) is 6.00. The zero-order valence-electron chi connectivity index (χ0n) is 16.7. The van der Waals surface area contributed by atoms with Gasteiger partial charge in [-0.3, -0.25) is 9.59 Å². The summed E-state index contributed by atoms with van der Waals surface area (Å²) in [5.74, 6) is -1.43. The van der Waals surface area contributed by atoms with E-state index in [1.165, 1.54) is 11.3 Å². The summed E-state index contributed by atoms with van der Waals surface area (Å²) in [5, 5.41) is 3.77. The summed E-state index contributed by atoms with van der Waals surface area (Å²) in [6, 6.07) is 15.1. The van der Waals surface area contributed by atoms with Crippen LogP contribution in [0, 0.1) is 0 Å². The number of carbonyl (C=O) groups is 2. The number of carbonyl (C=O) groups excluding carboxylic acids is 2. The molecule has 0 saturated carbocycles. The number of para-hydroxylation sites is 1. The van der Waals surface area contributed by atoms with Crippen LogP contribution in [0.3, 0.4) is 0 Å². The third kappa shape index (κ3) is 5.63. The largest absolute Gasteiger partial charge is 0.465 e. The lowest BCUT2D eigenvalue weighted by molar-refractivity contribution is -0.145. The zero-order chi connectivity index (χ0) is 21.5. The Morgan fingerprint density at radius 1 is 1.23 bits per heavy atom. The second-order valence-electron chi connectivity index (χ2n) is 6.65. The van der Waals surface area contributed by atoms with E-state index in [1.54, 1.807) is 55.5 Å². The first-order valence-corrected chi connectivity index (χ1v) is 11.7. The van der Waals surface area contributed by atoms with Gasteiger partial charge in [0.15, 0.2) is 12.2 Å². The molecule has 0 bridgehead atoms. The van der Waals surface area contributed by atoms with Gasteiger partial charge in [0.25, 0.3) is 0 Å². The van der Waals surface area contributed by atoms with Gasteiger partial charge in [-0.2, -0.15) is 0 Å². The summed E-state index contributed by atoms with van der Waals surface area (Å²) in [5.41, 5.74) is 0.418. The van der Waals surface area contributed by atoms with Crippen molar-refractivity contribution in [2.24, 2.45) is 0 Å². The van der Waals surface area contributed by atoms with Gasteiger partial charge in [0.1, 0.15) is 11.8 Å². The Hall–Kier alpha value is -2.34. The number of hydrogen-bond acceptors (Lipinski definition) is 6. The molecule has 3 atom stereocenters. The Labute approximate surface area is 180 Å². The maximum absolute atomic E-state index is 15.6. The van der Waals surface area contributed by atoms with Gasteiger partial charge >= 0.3 is 5.97 Å². The number of halogens is 1. The highest BCUT2D eigenvalue weighted by Gasteiger charge is 2.30. The van der Waals surface area contributed by atoms with E-state index in [1.807, 2.05) is 13.0 Å². The summed E-state index contributed by atoms with van der Waals surface area (Å²) in [6.07, 6.45) is 1.50. The zero-order valence-corrected chi connectivity index (χ0v) is 18.4. The first kappa shape index (κ1) is 22.3. The minimum atomic E-state index is -1.90. The fourth-order valence-electron chi connectivity index (χ4n) is 2.73. The molecule has 0 aliphatic carbocycles. The fraction of sp³-hybridized carbons (Fsp3) is 0.273. The van der Waals surface area contributed by atoms with E-state index in [0.29, 0.717) is 29.2 Å². The van der Waals surface area contributed by atoms with Crippen LogP contribution in [0.1, 0.15) is 41.4 Å². The Kier molecular flexibility index (Phi) is 7.91. The molecule has 158 valence electrons. The fourth-order valence-corrected chi connectivity index (χ4v) is 5.13. The maximum Gasteiger partial charge on any atom is 0.323 e. The van der Waals surface area contributed by atoms with Crippen molar-refractivity contribution in [1.29, 1.82) is 0 Å². The smallest absolute Gasteiger partial charge is 0.323 e. The van der Waals surface area contributed by atoms with Crippen molar-refractivity contribution in [3.05, 3.63) is 65.0 Å². The SMILES string of the molecule is CCCOC(=O)C(C)NP(Oc1ccccc1)C(F)c1ccc2sc(C=O)cc2c1. The quantitative estimate of drug-likeness (QED) is 0.234. The number of ether oxygens (including phenoxy) is 1. The molecule has 1 N–H and O–H groups in total. The predicted molar refractivity (Wildman–Crippen MR) is 119 cm³/mol. The first-order valence-electron chi connectivity index (χ1n) is 9.59. The number of nitrogens with one attached hydrogen (secondary N) is 1. The second-order valence-corrected chi connectivity index (χ2v) is 9.31. The van der Waals surface area contributed by atoms with Crippen molar-refractivity contribution in [2.45, 2.75) is 32.2 Å². The molecule has 3 aromatic rings. The molecular weight excluding hydrogens is 424 g/mol. The topological polar surface area (TPSA) is 64.6 Å². The molecule has 0 aliphatic rings. The first-order chi connectivity index (χ1) is 14.5. The van der Waals surface area contributed by atoms with Crippen LogP contribution in [0.5, 0.6) is 5.75 Å². The van der Waals surface area contributed by atoms with Gasteiger partial charge in [-0.05, 0) is 54.6 Å². The van der Waals surface area contributed by atoms with Crippen LogP contribution in [-0.2, 0) is 9.53 Å². The number of fused-ring (bicyclic) bond motifs is 1. The van der Waals surface area contributed by atoms with Gasteiger partial charge in [0, 0.05) is 4.70 Å². The van der Waals surface area contributed by atoms with E-state index >= 15 is 4.39 Å². The minimum Gasteiger partial charge on any atom is -0.465 e. The number of alkyl halides is 1. The Morgan fingerprint density at radius 3 is 2.70 bits per heavy atom. The molecule has 0 saturated heterocycles. The third-order valence-electron chi connectivity index (χ3n) is 4.23.